The molecule has 1 fully saturated rings. The van der Waals surface area contributed by atoms with Gasteiger partial charge in [0.1, 0.15) is 4.90 Å². The number of sulfonamides is 1. The van der Waals surface area contributed by atoms with Crippen LogP contribution in [0.4, 0.5) is 13.2 Å². The van der Waals surface area contributed by atoms with Crippen LogP contribution < -0.4 is 0 Å². The van der Waals surface area contributed by atoms with Crippen molar-refractivity contribution in [3.63, 3.8) is 0 Å². The molecular weight excluding hydrogens is 391 g/mol. The van der Waals surface area contributed by atoms with E-state index in [0.717, 1.165) is 6.07 Å². The monoisotopic (exact) mass is 399 g/mol. The van der Waals surface area contributed by atoms with E-state index in [-0.39, 0.29) is 16.1 Å². The molecule has 0 amide bonds. The molecule has 0 unspecified atom stereocenters. The largest absolute Gasteiger partial charge is 0.481 e. The average Bonchev–Trinajstić information content (AvgIpc) is 3.14. The summed E-state index contributed by atoms with van der Waals surface area (Å²) in [6, 6.07) is 2.24. The van der Waals surface area contributed by atoms with Crippen molar-refractivity contribution in [2.45, 2.75) is 11.1 Å². The van der Waals surface area contributed by atoms with Gasteiger partial charge in [0, 0.05) is 13.1 Å². The van der Waals surface area contributed by atoms with E-state index >= 15 is 0 Å². The lowest BCUT2D eigenvalue weighted by Crippen LogP contribution is -2.34. The van der Waals surface area contributed by atoms with E-state index in [1.165, 1.54) is 6.07 Å². The number of rotatable bonds is 3. The fourth-order valence-corrected chi connectivity index (χ4v) is 4.50. The number of halogens is 4. The molecule has 13 heteroatoms. The SMILES string of the molecule is O=C(O)[C@@H]1CN(S(=O)(=O)c2ccc(Cl)c3nonc23)C[C@H]1C(F)(F)F. The lowest BCUT2D eigenvalue weighted by atomic mass is 9.96. The maximum Gasteiger partial charge on any atom is 0.393 e. The van der Waals surface area contributed by atoms with Crippen LogP contribution in [0.5, 0.6) is 0 Å². The first kappa shape index (κ1) is 17.9. The molecule has 1 saturated heterocycles. The Morgan fingerprint density at radius 1 is 1.28 bits per heavy atom. The highest BCUT2D eigenvalue weighted by molar-refractivity contribution is 7.89. The average molecular weight is 400 g/mol. The Kier molecular flexibility index (Phi) is 4.16. The lowest BCUT2D eigenvalue weighted by Gasteiger charge is -2.18. The molecule has 1 aliphatic rings. The van der Waals surface area contributed by atoms with Gasteiger partial charge in [-0.2, -0.15) is 17.5 Å². The maximum atomic E-state index is 13.1. The lowest BCUT2D eigenvalue weighted by molar-refractivity contribution is -0.187. The van der Waals surface area contributed by atoms with Gasteiger partial charge >= 0.3 is 12.1 Å². The van der Waals surface area contributed by atoms with E-state index in [1.54, 1.807) is 0 Å². The topological polar surface area (TPSA) is 114 Å². The number of benzene rings is 1. The number of nitrogens with zero attached hydrogens (tertiary/aromatic N) is 3. The molecule has 0 bridgehead atoms. The molecule has 8 nitrogen and oxygen atoms in total. The Morgan fingerprint density at radius 3 is 2.48 bits per heavy atom. The van der Waals surface area contributed by atoms with Crippen molar-refractivity contribution in [3.05, 3.63) is 17.2 Å². The molecular formula is C12H9ClF3N3O5S. The van der Waals surface area contributed by atoms with Crippen LogP contribution in [0.25, 0.3) is 11.0 Å². The number of hydrogen-bond acceptors (Lipinski definition) is 6. The zero-order valence-electron chi connectivity index (χ0n) is 12.1. The minimum Gasteiger partial charge on any atom is -0.481 e. The maximum absolute atomic E-state index is 13.1. The summed E-state index contributed by atoms with van der Waals surface area (Å²) in [6.07, 6.45) is -4.85. The highest BCUT2D eigenvalue weighted by Gasteiger charge is 2.55. The van der Waals surface area contributed by atoms with Crippen LogP contribution in [-0.2, 0) is 14.8 Å². The van der Waals surface area contributed by atoms with Crippen molar-refractivity contribution in [3.8, 4) is 0 Å². The highest BCUT2D eigenvalue weighted by atomic mass is 35.5. The van der Waals surface area contributed by atoms with E-state index in [9.17, 15) is 26.4 Å². The van der Waals surface area contributed by atoms with Crippen LogP contribution in [-0.4, -0.2) is 53.4 Å². The third-order valence-corrected chi connectivity index (χ3v) is 6.14. The molecule has 1 aromatic heterocycles. The summed E-state index contributed by atoms with van der Waals surface area (Å²) in [5.41, 5.74) is -0.307. The summed E-state index contributed by atoms with van der Waals surface area (Å²) in [4.78, 5) is 10.6. The molecule has 1 aliphatic heterocycles. The van der Waals surface area contributed by atoms with Crippen molar-refractivity contribution in [2.24, 2.45) is 11.8 Å². The van der Waals surface area contributed by atoms with Gasteiger partial charge in [0.15, 0.2) is 11.0 Å². The number of carboxylic acids is 1. The van der Waals surface area contributed by atoms with Gasteiger partial charge in [-0.15, -0.1) is 0 Å². The van der Waals surface area contributed by atoms with Gasteiger partial charge in [0.05, 0.1) is 16.9 Å². The fraction of sp³-hybridized carbons (Fsp3) is 0.417. The van der Waals surface area contributed by atoms with Crippen molar-refractivity contribution in [2.75, 3.05) is 13.1 Å². The Bertz CT molecular complexity index is 945. The van der Waals surface area contributed by atoms with E-state index in [4.69, 9.17) is 16.7 Å². The molecule has 0 radical (unpaired) electrons. The van der Waals surface area contributed by atoms with Gasteiger partial charge in [-0.25, -0.2) is 13.0 Å². The number of aliphatic carboxylic acids is 1. The van der Waals surface area contributed by atoms with Crippen molar-refractivity contribution in [1.29, 1.82) is 0 Å². The van der Waals surface area contributed by atoms with Gasteiger partial charge in [-0.1, -0.05) is 11.6 Å². The highest BCUT2D eigenvalue weighted by Crippen LogP contribution is 2.40. The number of carboxylic acid groups (broad SMARTS) is 1. The molecule has 136 valence electrons. The standard InChI is InChI=1S/C12H9ClF3N3O5S/c13-7-1-2-8(10-9(7)17-24-18-10)25(22,23)19-3-5(11(20)21)6(4-19)12(14,15)16/h1-2,5-6H,3-4H2,(H,20,21)/t5-,6-/m1/s1. The smallest absolute Gasteiger partial charge is 0.393 e. The first-order valence-electron chi connectivity index (χ1n) is 6.74. The second-order valence-corrected chi connectivity index (χ2v) is 7.74. The van der Waals surface area contributed by atoms with Crippen LogP contribution in [0.2, 0.25) is 5.02 Å². The molecule has 1 aromatic carbocycles. The first-order chi connectivity index (χ1) is 11.5. The van der Waals surface area contributed by atoms with Crippen LogP contribution in [0, 0.1) is 11.8 Å². The van der Waals surface area contributed by atoms with Crippen LogP contribution in [0.3, 0.4) is 0 Å². The molecule has 2 atom stereocenters. The molecule has 0 saturated carbocycles. The predicted molar refractivity (Wildman–Crippen MR) is 76.2 cm³/mol. The molecule has 1 N–H and O–H groups in total. The van der Waals surface area contributed by atoms with Gasteiger partial charge in [0.2, 0.25) is 10.0 Å². The van der Waals surface area contributed by atoms with Crippen molar-refractivity contribution in [1.82, 2.24) is 14.6 Å². The van der Waals surface area contributed by atoms with E-state index < -0.39 is 52.0 Å². The Morgan fingerprint density at radius 2 is 1.92 bits per heavy atom. The van der Waals surface area contributed by atoms with Crippen LogP contribution in [0.1, 0.15) is 0 Å². The molecule has 0 spiro atoms. The minimum atomic E-state index is -4.85. The van der Waals surface area contributed by atoms with E-state index in [0.29, 0.717) is 4.31 Å². The fourth-order valence-electron chi connectivity index (χ4n) is 2.71. The van der Waals surface area contributed by atoms with Crippen molar-refractivity contribution >= 4 is 38.6 Å². The number of fused-ring (bicyclic) bond motifs is 1. The van der Waals surface area contributed by atoms with Gasteiger partial charge in [-0.05, 0) is 22.4 Å². The van der Waals surface area contributed by atoms with Crippen LogP contribution in [0.15, 0.2) is 21.7 Å². The van der Waals surface area contributed by atoms with Gasteiger partial charge in [0.25, 0.3) is 0 Å². The van der Waals surface area contributed by atoms with Crippen molar-refractivity contribution < 1.29 is 36.1 Å². The molecule has 25 heavy (non-hydrogen) atoms. The quantitative estimate of drug-likeness (QED) is 0.836. The molecule has 0 aliphatic carbocycles. The summed E-state index contributed by atoms with van der Waals surface area (Å²) in [6.45, 7) is -1.81. The Labute approximate surface area is 143 Å². The van der Waals surface area contributed by atoms with Gasteiger partial charge < -0.3 is 5.11 Å². The molecule has 2 aromatic rings. The number of carbonyl (C=O) groups is 1. The summed E-state index contributed by atoms with van der Waals surface area (Å²) in [5, 5.41) is 15.9. The third-order valence-electron chi connectivity index (χ3n) is 3.97. The number of hydrogen-bond donors (Lipinski definition) is 1. The normalized spacial score (nSPS) is 22.6. The predicted octanol–water partition coefficient (Wildman–Crippen LogP) is 1.76. The first-order valence-corrected chi connectivity index (χ1v) is 8.55. The minimum absolute atomic E-state index is 0.0493. The van der Waals surface area contributed by atoms with Crippen LogP contribution >= 0.6 is 11.6 Å². The Balaban J connectivity index is 2.04. The summed E-state index contributed by atoms with van der Waals surface area (Å²) < 4.78 is 69.5. The summed E-state index contributed by atoms with van der Waals surface area (Å²) in [5.74, 6) is -5.92. The van der Waals surface area contributed by atoms with E-state index in [2.05, 4.69) is 14.9 Å². The number of aromatic nitrogens is 2. The van der Waals surface area contributed by atoms with E-state index in [1.807, 2.05) is 0 Å². The summed E-state index contributed by atoms with van der Waals surface area (Å²) >= 11 is 5.83. The van der Waals surface area contributed by atoms with Gasteiger partial charge in [-0.3, -0.25) is 4.79 Å². The number of alkyl halides is 3. The zero-order valence-corrected chi connectivity index (χ0v) is 13.6. The third kappa shape index (κ3) is 2.93. The molecule has 3 rings (SSSR count). The Hall–Kier alpha value is -1.92. The zero-order chi connectivity index (χ0) is 18.6. The summed E-state index contributed by atoms with van der Waals surface area (Å²) in [7, 11) is -4.46. The second kappa shape index (κ2) is 5.81. The second-order valence-electron chi connectivity index (χ2n) is 5.42. The molecule has 2 heterocycles.